The van der Waals surface area contributed by atoms with Crippen LogP contribution in [-0.2, 0) is 17.1 Å². The Morgan fingerprint density at radius 1 is 1.00 bits per heavy atom. The first-order valence-corrected chi connectivity index (χ1v) is 14.0. The van der Waals surface area contributed by atoms with E-state index in [0.29, 0.717) is 11.8 Å². The molecule has 184 valence electrons. The van der Waals surface area contributed by atoms with Gasteiger partial charge in [0.1, 0.15) is 0 Å². The SMILES string of the molecule is O=C(O)c1ccc(Cn2c(CSC3CCCC3)c(Cl)c3cc(NC(=O)C4CCCC4)ccc32)cc1. The van der Waals surface area contributed by atoms with Crippen LogP contribution in [0.5, 0.6) is 0 Å². The number of benzene rings is 2. The molecule has 0 radical (unpaired) electrons. The number of carbonyl (C=O) groups excluding carboxylic acids is 1. The number of fused-ring (bicyclic) bond motifs is 1. The molecule has 2 aromatic carbocycles. The largest absolute Gasteiger partial charge is 0.478 e. The Morgan fingerprint density at radius 2 is 1.69 bits per heavy atom. The Bertz CT molecular complexity index is 1230. The van der Waals surface area contributed by atoms with Gasteiger partial charge in [0.15, 0.2) is 0 Å². The summed E-state index contributed by atoms with van der Waals surface area (Å²) in [6, 6.07) is 13.0. The fraction of sp³-hybridized carbons (Fsp3) is 0.429. The number of nitrogens with one attached hydrogen (secondary N) is 1. The summed E-state index contributed by atoms with van der Waals surface area (Å²) in [6.45, 7) is 0.609. The Morgan fingerprint density at radius 3 is 2.37 bits per heavy atom. The first-order chi connectivity index (χ1) is 17.0. The average Bonchev–Trinajstić information content (AvgIpc) is 3.61. The molecule has 0 spiro atoms. The van der Waals surface area contributed by atoms with Gasteiger partial charge in [0.25, 0.3) is 0 Å². The molecule has 2 fully saturated rings. The molecule has 2 aliphatic rings. The second-order valence-electron chi connectivity index (χ2n) is 9.77. The van der Waals surface area contributed by atoms with Gasteiger partial charge in [-0.25, -0.2) is 4.79 Å². The number of carbonyl (C=O) groups is 2. The van der Waals surface area contributed by atoms with Crippen LogP contribution >= 0.6 is 23.4 Å². The number of hydrogen-bond donors (Lipinski definition) is 2. The molecule has 0 bridgehead atoms. The van der Waals surface area contributed by atoms with Gasteiger partial charge in [0, 0.05) is 40.2 Å². The molecule has 35 heavy (non-hydrogen) atoms. The van der Waals surface area contributed by atoms with Gasteiger partial charge in [0.05, 0.1) is 16.1 Å². The molecule has 1 aromatic heterocycles. The zero-order valence-electron chi connectivity index (χ0n) is 19.8. The third kappa shape index (κ3) is 5.39. The monoisotopic (exact) mass is 510 g/mol. The van der Waals surface area contributed by atoms with E-state index in [2.05, 4.69) is 9.88 Å². The smallest absolute Gasteiger partial charge is 0.335 e. The molecule has 7 heteroatoms. The number of rotatable bonds is 8. The van der Waals surface area contributed by atoms with Crippen LogP contribution in [0.3, 0.4) is 0 Å². The van der Waals surface area contributed by atoms with Gasteiger partial charge in [-0.1, -0.05) is 49.4 Å². The molecular weight excluding hydrogens is 480 g/mol. The minimum Gasteiger partial charge on any atom is -0.478 e. The van der Waals surface area contributed by atoms with Crippen LogP contribution in [-0.4, -0.2) is 26.8 Å². The fourth-order valence-electron chi connectivity index (χ4n) is 5.39. The van der Waals surface area contributed by atoms with Crippen molar-refractivity contribution in [3.63, 3.8) is 0 Å². The predicted molar refractivity (Wildman–Crippen MR) is 144 cm³/mol. The first-order valence-electron chi connectivity index (χ1n) is 12.5. The van der Waals surface area contributed by atoms with Crippen LogP contribution < -0.4 is 5.32 Å². The molecule has 3 aromatic rings. The quantitative estimate of drug-likeness (QED) is 0.332. The highest BCUT2D eigenvalue weighted by Crippen LogP contribution is 2.39. The summed E-state index contributed by atoms with van der Waals surface area (Å²) in [6.07, 6.45) is 9.31. The minimum absolute atomic E-state index is 0.105. The summed E-state index contributed by atoms with van der Waals surface area (Å²) in [4.78, 5) is 23.9. The highest BCUT2D eigenvalue weighted by atomic mass is 35.5. The van der Waals surface area contributed by atoms with Gasteiger partial charge < -0.3 is 15.0 Å². The van der Waals surface area contributed by atoms with Gasteiger partial charge in [-0.3, -0.25) is 4.79 Å². The molecule has 0 aliphatic heterocycles. The normalized spacial score (nSPS) is 16.8. The zero-order valence-corrected chi connectivity index (χ0v) is 21.3. The van der Waals surface area contributed by atoms with Crippen molar-refractivity contribution in [2.45, 2.75) is 68.9 Å². The van der Waals surface area contributed by atoms with E-state index < -0.39 is 5.97 Å². The van der Waals surface area contributed by atoms with Gasteiger partial charge >= 0.3 is 5.97 Å². The Kier molecular flexibility index (Phi) is 7.40. The summed E-state index contributed by atoms with van der Waals surface area (Å²) in [5.41, 5.74) is 4.20. The van der Waals surface area contributed by atoms with E-state index in [0.717, 1.165) is 64.3 Å². The van der Waals surface area contributed by atoms with Gasteiger partial charge in [-0.2, -0.15) is 11.8 Å². The molecule has 0 saturated heterocycles. The summed E-state index contributed by atoms with van der Waals surface area (Å²) in [5.74, 6) is 0.118. The number of carboxylic acids is 1. The van der Waals surface area contributed by atoms with Crippen molar-refractivity contribution in [3.05, 3.63) is 64.3 Å². The van der Waals surface area contributed by atoms with Crippen LogP contribution in [0.1, 0.15) is 73.0 Å². The number of amides is 1. The minimum atomic E-state index is -0.924. The highest BCUT2D eigenvalue weighted by Gasteiger charge is 2.24. The second-order valence-corrected chi connectivity index (χ2v) is 11.4. The third-order valence-corrected chi connectivity index (χ3v) is 9.20. The zero-order chi connectivity index (χ0) is 24.4. The van der Waals surface area contributed by atoms with Crippen LogP contribution in [0.15, 0.2) is 42.5 Å². The van der Waals surface area contributed by atoms with Gasteiger partial charge in [0.2, 0.25) is 5.91 Å². The number of carboxylic acid groups (broad SMARTS) is 1. The summed E-state index contributed by atoms with van der Waals surface area (Å²) in [7, 11) is 0. The summed E-state index contributed by atoms with van der Waals surface area (Å²) >= 11 is 8.97. The topological polar surface area (TPSA) is 71.3 Å². The number of anilines is 1. The number of aromatic carboxylic acids is 1. The molecule has 1 amide bonds. The van der Waals surface area contributed by atoms with Crippen molar-refractivity contribution in [1.29, 1.82) is 0 Å². The van der Waals surface area contributed by atoms with Crippen LogP contribution in [0.2, 0.25) is 5.02 Å². The average molecular weight is 511 g/mol. The Labute approximate surface area is 215 Å². The molecular formula is C28H31ClN2O3S. The summed E-state index contributed by atoms with van der Waals surface area (Å²) < 4.78 is 2.25. The standard InChI is InChI=1S/C28H31ClN2O3S/c29-26-23-15-21(30-27(32)19-5-1-2-6-19)13-14-24(23)31(25(26)17-35-22-7-3-4-8-22)16-18-9-11-20(12-10-18)28(33)34/h9-15,19,22H,1-8,16-17H2,(H,30,32)(H,33,34). The maximum absolute atomic E-state index is 12.7. The van der Waals surface area contributed by atoms with Gasteiger partial charge in [-0.05, 0) is 61.6 Å². The number of thioether (sulfide) groups is 1. The molecule has 5 rings (SSSR count). The predicted octanol–water partition coefficient (Wildman–Crippen LogP) is 7.35. The molecule has 0 unspecified atom stereocenters. The third-order valence-electron chi connectivity index (χ3n) is 7.40. The lowest BCUT2D eigenvalue weighted by Crippen LogP contribution is -2.20. The van der Waals surface area contributed by atoms with E-state index in [1.807, 2.05) is 42.1 Å². The molecule has 1 heterocycles. The molecule has 5 nitrogen and oxygen atoms in total. The van der Waals surface area contributed by atoms with E-state index in [9.17, 15) is 14.7 Å². The number of halogens is 1. The van der Waals surface area contributed by atoms with Crippen LogP contribution in [0.4, 0.5) is 5.69 Å². The van der Waals surface area contributed by atoms with Crippen LogP contribution in [0.25, 0.3) is 10.9 Å². The van der Waals surface area contributed by atoms with Crippen molar-refractivity contribution in [3.8, 4) is 0 Å². The Hall–Kier alpha value is -2.44. The van der Waals surface area contributed by atoms with Crippen molar-refractivity contribution in [2.24, 2.45) is 5.92 Å². The second kappa shape index (κ2) is 10.7. The molecule has 2 N–H and O–H groups in total. The van der Waals surface area contributed by atoms with E-state index in [1.165, 1.54) is 25.7 Å². The highest BCUT2D eigenvalue weighted by molar-refractivity contribution is 7.99. The fourth-order valence-corrected chi connectivity index (χ4v) is 7.15. The van der Waals surface area contributed by atoms with Crippen molar-refractivity contribution < 1.29 is 14.7 Å². The van der Waals surface area contributed by atoms with Crippen molar-refractivity contribution in [2.75, 3.05) is 5.32 Å². The molecule has 2 saturated carbocycles. The number of hydrogen-bond acceptors (Lipinski definition) is 3. The lowest BCUT2D eigenvalue weighted by molar-refractivity contribution is -0.119. The molecule has 0 atom stereocenters. The maximum Gasteiger partial charge on any atom is 0.335 e. The van der Waals surface area contributed by atoms with Crippen molar-refractivity contribution in [1.82, 2.24) is 4.57 Å². The number of aromatic nitrogens is 1. The Balaban J connectivity index is 1.46. The summed E-state index contributed by atoms with van der Waals surface area (Å²) in [5, 5.41) is 14.7. The van der Waals surface area contributed by atoms with Crippen LogP contribution in [0, 0.1) is 5.92 Å². The van der Waals surface area contributed by atoms with E-state index in [1.54, 1.807) is 12.1 Å². The van der Waals surface area contributed by atoms with Crippen molar-refractivity contribution >= 4 is 51.8 Å². The maximum atomic E-state index is 12.7. The lowest BCUT2D eigenvalue weighted by Gasteiger charge is -2.14. The van der Waals surface area contributed by atoms with E-state index >= 15 is 0 Å². The van der Waals surface area contributed by atoms with E-state index in [-0.39, 0.29) is 17.4 Å². The van der Waals surface area contributed by atoms with E-state index in [4.69, 9.17) is 11.6 Å². The van der Waals surface area contributed by atoms with Gasteiger partial charge in [-0.15, -0.1) is 0 Å². The lowest BCUT2D eigenvalue weighted by atomic mass is 10.1. The molecule has 2 aliphatic carbocycles. The first kappa shape index (κ1) is 24.3. The number of nitrogens with zero attached hydrogens (tertiary/aromatic N) is 1.